The Bertz CT molecular complexity index is 641. The number of pyridine rings is 1. The van der Waals surface area contributed by atoms with E-state index < -0.39 is 0 Å². The summed E-state index contributed by atoms with van der Waals surface area (Å²) in [6, 6.07) is 11.5. The van der Waals surface area contributed by atoms with Crippen LogP contribution in [0.5, 0.6) is 0 Å². The molecule has 110 valence electrons. The van der Waals surface area contributed by atoms with E-state index >= 15 is 0 Å². The highest BCUT2D eigenvalue weighted by molar-refractivity contribution is 5.90. The maximum atomic E-state index is 11.5. The van der Waals surface area contributed by atoms with Gasteiger partial charge in [0.05, 0.1) is 18.4 Å². The average molecular weight is 285 g/mol. The Hall–Kier alpha value is -2.40. The van der Waals surface area contributed by atoms with Crippen LogP contribution >= 0.6 is 0 Å². The normalized spacial score (nSPS) is 10.2. The molecule has 5 nitrogen and oxygen atoms in total. The number of nitrogens with one attached hydrogen (secondary N) is 1. The van der Waals surface area contributed by atoms with Gasteiger partial charge in [-0.05, 0) is 30.2 Å². The van der Waals surface area contributed by atoms with E-state index in [1.165, 1.54) is 7.11 Å². The van der Waals surface area contributed by atoms with E-state index in [4.69, 9.17) is 10.5 Å². The zero-order valence-corrected chi connectivity index (χ0v) is 12.2. The summed E-state index contributed by atoms with van der Waals surface area (Å²) in [6.07, 6.45) is 0. The highest BCUT2D eigenvalue weighted by atomic mass is 16.5. The van der Waals surface area contributed by atoms with Gasteiger partial charge in [-0.25, -0.2) is 9.78 Å². The van der Waals surface area contributed by atoms with E-state index in [2.05, 4.69) is 10.3 Å². The van der Waals surface area contributed by atoms with Crippen LogP contribution in [-0.4, -0.2) is 18.1 Å². The molecule has 0 bridgehead atoms. The van der Waals surface area contributed by atoms with E-state index in [-0.39, 0.29) is 5.97 Å². The van der Waals surface area contributed by atoms with Crippen molar-refractivity contribution in [3.63, 3.8) is 0 Å². The number of rotatable bonds is 5. The van der Waals surface area contributed by atoms with Crippen LogP contribution in [0, 0.1) is 6.92 Å². The summed E-state index contributed by atoms with van der Waals surface area (Å²) in [7, 11) is 1.36. The van der Waals surface area contributed by atoms with Crippen molar-refractivity contribution in [1.82, 2.24) is 4.98 Å². The second-order valence-corrected chi connectivity index (χ2v) is 4.65. The van der Waals surface area contributed by atoms with Crippen LogP contribution in [0.15, 0.2) is 36.4 Å². The highest BCUT2D eigenvalue weighted by Crippen LogP contribution is 2.14. The van der Waals surface area contributed by atoms with Gasteiger partial charge in [0.2, 0.25) is 0 Å². The molecule has 0 fully saturated rings. The van der Waals surface area contributed by atoms with Crippen molar-refractivity contribution in [2.24, 2.45) is 5.73 Å². The number of carbonyl (C=O) groups excluding carboxylic acids is 1. The Morgan fingerprint density at radius 3 is 2.57 bits per heavy atom. The van der Waals surface area contributed by atoms with Gasteiger partial charge in [0, 0.05) is 13.1 Å². The Labute approximate surface area is 124 Å². The molecule has 1 aromatic heterocycles. The van der Waals surface area contributed by atoms with E-state index in [9.17, 15) is 4.79 Å². The third-order valence-corrected chi connectivity index (χ3v) is 3.29. The van der Waals surface area contributed by atoms with Crippen LogP contribution in [-0.2, 0) is 17.8 Å². The fourth-order valence-corrected chi connectivity index (χ4v) is 2.10. The van der Waals surface area contributed by atoms with Crippen LogP contribution in [0.3, 0.4) is 0 Å². The minimum absolute atomic E-state index is 0.375. The molecule has 0 aliphatic carbocycles. The highest BCUT2D eigenvalue weighted by Gasteiger charge is 2.10. The predicted molar refractivity (Wildman–Crippen MR) is 82.0 cm³/mol. The lowest BCUT2D eigenvalue weighted by molar-refractivity contribution is 0.0599. The SMILES string of the molecule is COC(=O)c1ccc(NCc2ccccc2CN)nc1C. The molecule has 0 aliphatic rings. The summed E-state index contributed by atoms with van der Waals surface area (Å²) in [5, 5.41) is 3.24. The molecule has 1 heterocycles. The minimum atomic E-state index is -0.375. The second-order valence-electron chi connectivity index (χ2n) is 4.65. The third kappa shape index (κ3) is 3.58. The Morgan fingerprint density at radius 2 is 1.95 bits per heavy atom. The average Bonchev–Trinajstić information content (AvgIpc) is 2.52. The van der Waals surface area contributed by atoms with Gasteiger partial charge in [0.1, 0.15) is 5.82 Å². The molecule has 0 radical (unpaired) electrons. The van der Waals surface area contributed by atoms with Crippen molar-refractivity contribution in [1.29, 1.82) is 0 Å². The van der Waals surface area contributed by atoms with Crippen molar-refractivity contribution < 1.29 is 9.53 Å². The molecule has 5 heteroatoms. The zero-order valence-electron chi connectivity index (χ0n) is 12.2. The third-order valence-electron chi connectivity index (χ3n) is 3.29. The summed E-state index contributed by atoms with van der Waals surface area (Å²) in [5.74, 6) is 0.340. The standard InChI is InChI=1S/C16H19N3O2/c1-11-14(16(20)21-2)7-8-15(19-11)18-10-13-6-4-3-5-12(13)9-17/h3-8H,9-10,17H2,1-2H3,(H,18,19). The van der Waals surface area contributed by atoms with E-state index in [0.29, 0.717) is 30.2 Å². The molecule has 0 spiro atoms. The molecule has 2 aromatic rings. The lowest BCUT2D eigenvalue weighted by Gasteiger charge is -2.11. The second kappa shape index (κ2) is 6.85. The van der Waals surface area contributed by atoms with Crippen molar-refractivity contribution in [3.8, 4) is 0 Å². The van der Waals surface area contributed by atoms with E-state index in [1.807, 2.05) is 24.3 Å². The number of esters is 1. The van der Waals surface area contributed by atoms with Crippen molar-refractivity contribution in [3.05, 3.63) is 58.8 Å². The first-order valence-electron chi connectivity index (χ1n) is 6.72. The molecule has 3 N–H and O–H groups in total. The number of nitrogens with two attached hydrogens (primary N) is 1. The zero-order chi connectivity index (χ0) is 15.2. The number of anilines is 1. The predicted octanol–water partition coefficient (Wildman–Crippen LogP) is 2.25. The molecule has 21 heavy (non-hydrogen) atoms. The summed E-state index contributed by atoms with van der Waals surface area (Å²) < 4.78 is 4.70. The largest absolute Gasteiger partial charge is 0.465 e. The molecule has 0 unspecified atom stereocenters. The van der Waals surface area contributed by atoms with E-state index in [0.717, 1.165) is 11.1 Å². The number of aromatic nitrogens is 1. The van der Waals surface area contributed by atoms with Crippen molar-refractivity contribution in [2.45, 2.75) is 20.0 Å². The summed E-state index contributed by atoms with van der Waals surface area (Å²) >= 11 is 0. The topological polar surface area (TPSA) is 77.2 Å². The van der Waals surface area contributed by atoms with Crippen LogP contribution in [0.2, 0.25) is 0 Å². The van der Waals surface area contributed by atoms with Crippen molar-refractivity contribution in [2.75, 3.05) is 12.4 Å². The first-order chi connectivity index (χ1) is 10.2. The Kier molecular flexibility index (Phi) is 4.90. The number of hydrogen-bond acceptors (Lipinski definition) is 5. The number of ether oxygens (including phenoxy) is 1. The summed E-state index contributed by atoms with van der Waals surface area (Å²) in [6.45, 7) is 2.92. The summed E-state index contributed by atoms with van der Waals surface area (Å²) in [4.78, 5) is 15.9. The molecule has 0 amide bonds. The monoisotopic (exact) mass is 285 g/mol. The number of methoxy groups -OCH3 is 1. The lowest BCUT2D eigenvalue weighted by atomic mass is 10.1. The molecule has 0 saturated carbocycles. The van der Waals surface area contributed by atoms with Gasteiger partial charge in [-0.1, -0.05) is 24.3 Å². The van der Waals surface area contributed by atoms with Crippen LogP contribution in [0.4, 0.5) is 5.82 Å². The fraction of sp³-hybridized carbons (Fsp3) is 0.250. The number of nitrogens with zero attached hydrogens (tertiary/aromatic N) is 1. The fourth-order valence-electron chi connectivity index (χ4n) is 2.10. The van der Waals surface area contributed by atoms with Gasteiger partial charge in [-0.3, -0.25) is 0 Å². The molecule has 0 atom stereocenters. The first-order valence-corrected chi connectivity index (χ1v) is 6.72. The van der Waals surface area contributed by atoms with Gasteiger partial charge < -0.3 is 15.8 Å². The van der Waals surface area contributed by atoms with Gasteiger partial charge >= 0.3 is 5.97 Å². The van der Waals surface area contributed by atoms with Crippen LogP contribution in [0.1, 0.15) is 27.2 Å². The number of aryl methyl sites for hydroxylation is 1. The molecule has 2 rings (SSSR count). The number of hydrogen-bond donors (Lipinski definition) is 2. The molecular formula is C16H19N3O2. The number of benzene rings is 1. The number of carbonyl (C=O) groups is 1. The Balaban J connectivity index is 2.10. The van der Waals surface area contributed by atoms with E-state index in [1.54, 1.807) is 19.1 Å². The quantitative estimate of drug-likeness (QED) is 0.824. The first kappa shape index (κ1) is 15.0. The molecular weight excluding hydrogens is 266 g/mol. The van der Waals surface area contributed by atoms with Crippen LogP contribution in [0.25, 0.3) is 0 Å². The van der Waals surface area contributed by atoms with Gasteiger partial charge in [-0.2, -0.15) is 0 Å². The Morgan fingerprint density at radius 1 is 1.24 bits per heavy atom. The minimum Gasteiger partial charge on any atom is -0.465 e. The summed E-state index contributed by atoms with van der Waals surface area (Å²) in [5.41, 5.74) is 9.07. The van der Waals surface area contributed by atoms with Gasteiger partial charge in [-0.15, -0.1) is 0 Å². The van der Waals surface area contributed by atoms with Crippen LogP contribution < -0.4 is 11.1 Å². The lowest BCUT2D eigenvalue weighted by Crippen LogP contribution is -2.09. The molecule has 1 aromatic carbocycles. The smallest absolute Gasteiger partial charge is 0.339 e. The van der Waals surface area contributed by atoms with Crippen molar-refractivity contribution >= 4 is 11.8 Å². The molecule has 0 saturated heterocycles. The maximum absolute atomic E-state index is 11.5. The van der Waals surface area contributed by atoms with Gasteiger partial charge in [0.15, 0.2) is 0 Å². The maximum Gasteiger partial charge on any atom is 0.339 e. The van der Waals surface area contributed by atoms with Gasteiger partial charge in [0.25, 0.3) is 0 Å². The molecule has 0 aliphatic heterocycles.